The summed E-state index contributed by atoms with van der Waals surface area (Å²) in [6.07, 6.45) is 6.32. The van der Waals surface area contributed by atoms with Crippen LogP contribution < -0.4 is 5.32 Å². The van der Waals surface area contributed by atoms with Crippen LogP contribution in [0.2, 0.25) is 0 Å². The highest BCUT2D eigenvalue weighted by Gasteiger charge is 2.08. The van der Waals surface area contributed by atoms with Crippen molar-refractivity contribution in [3.8, 4) is 11.4 Å². The van der Waals surface area contributed by atoms with E-state index in [0.29, 0.717) is 0 Å². The first-order valence-electron chi connectivity index (χ1n) is 6.49. The zero-order valence-electron chi connectivity index (χ0n) is 11.5. The molecular formula is C14H20N4S. The number of anilines is 1. The minimum Gasteiger partial charge on any atom is -0.384 e. The van der Waals surface area contributed by atoms with Gasteiger partial charge in [0.15, 0.2) is 5.82 Å². The lowest BCUT2D eigenvalue weighted by Crippen LogP contribution is -2.04. The van der Waals surface area contributed by atoms with Gasteiger partial charge in [-0.25, -0.2) is 0 Å². The van der Waals surface area contributed by atoms with E-state index in [1.807, 2.05) is 35.5 Å². The minimum absolute atomic E-state index is 0.896. The van der Waals surface area contributed by atoms with Crippen LogP contribution in [-0.2, 0) is 7.05 Å². The Kier molecular flexibility index (Phi) is 5.27. The van der Waals surface area contributed by atoms with Crippen LogP contribution in [0.3, 0.4) is 0 Å². The largest absolute Gasteiger partial charge is 0.384 e. The van der Waals surface area contributed by atoms with Gasteiger partial charge in [0.05, 0.1) is 0 Å². The van der Waals surface area contributed by atoms with Gasteiger partial charge in [0.1, 0.15) is 6.33 Å². The molecule has 1 aromatic carbocycles. The molecule has 0 amide bonds. The van der Waals surface area contributed by atoms with Crippen LogP contribution in [0.5, 0.6) is 0 Å². The van der Waals surface area contributed by atoms with Crippen LogP contribution in [-0.4, -0.2) is 33.3 Å². The van der Waals surface area contributed by atoms with E-state index in [1.54, 1.807) is 6.33 Å². The Morgan fingerprint density at radius 1 is 1.26 bits per heavy atom. The number of benzene rings is 1. The average Bonchev–Trinajstić information content (AvgIpc) is 2.85. The van der Waals surface area contributed by atoms with Gasteiger partial charge < -0.3 is 9.88 Å². The fraction of sp³-hybridized carbons (Fsp3) is 0.429. The molecule has 0 aliphatic carbocycles. The van der Waals surface area contributed by atoms with Gasteiger partial charge >= 0.3 is 0 Å². The van der Waals surface area contributed by atoms with Gasteiger partial charge in [-0.05, 0) is 37.0 Å². The van der Waals surface area contributed by atoms with Crippen LogP contribution in [0.4, 0.5) is 5.69 Å². The molecule has 2 aromatic rings. The molecule has 0 unspecified atom stereocenters. The fourth-order valence-corrected chi connectivity index (χ4v) is 2.45. The Morgan fingerprint density at radius 2 is 2.11 bits per heavy atom. The quantitative estimate of drug-likeness (QED) is 0.789. The van der Waals surface area contributed by atoms with Gasteiger partial charge in [-0.1, -0.05) is 12.1 Å². The third-order valence-corrected chi connectivity index (χ3v) is 3.67. The van der Waals surface area contributed by atoms with Gasteiger partial charge in [-0.2, -0.15) is 11.8 Å². The van der Waals surface area contributed by atoms with Crippen LogP contribution >= 0.6 is 11.8 Å². The summed E-state index contributed by atoms with van der Waals surface area (Å²) in [7, 11) is 1.96. The van der Waals surface area contributed by atoms with Crippen molar-refractivity contribution >= 4 is 17.4 Å². The average molecular weight is 276 g/mol. The Labute approximate surface area is 118 Å². The van der Waals surface area contributed by atoms with Crippen molar-refractivity contribution in [2.45, 2.75) is 12.8 Å². The van der Waals surface area contributed by atoms with Crippen LogP contribution in [0.15, 0.2) is 30.6 Å². The highest BCUT2D eigenvalue weighted by molar-refractivity contribution is 7.98. The topological polar surface area (TPSA) is 42.7 Å². The summed E-state index contributed by atoms with van der Waals surface area (Å²) in [6, 6.07) is 8.25. The Morgan fingerprint density at radius 3 is 2.84 bits per heavy atom. The number of unbranched alkanes of at least 4 members (excludes halogenated alkanes) is 1. The fourth-order valence-electron chi connectivity index (χ4n) is 1.95. The predicted octanol–water partition coefficient (Wildman–Crippen LogP) is 3.04. The third kappa shape index (κ3) is 3.73. The van der Waals surface area contributed by atoms with Crippen molar-refractivity contribution in [2.24, 2.45) is 7.05 Å². The lowest BCUT2D eigenvalue weighted by Gasteiger charge is -2.11. The highest BCUT2D eigenvalue weighted by atomic mass is 32.2. The second-order valence-corrected chi connectivity index (χ2v) is 5.42. The number of para-hydroxylation sites is 1. The van der Waals surface area contributed by atoms with Crippen LogP contribution in [0.1, 0.15) is 12.8 Å². The first-order chi connectivity index (χ1) is 9.33. The maximum atomic E-state index is 4.17. The normalized spacial score (nSPS) is 10.6. The summed E-state index contributed by atoms with van der Waals surface area (Å²) >= 11 is 1.90. The number of hydrogen-bond donors (Lipinski definition) is 1. The molecule has 2 rings (SSSR count). The molecule has 0 aliphatic heterocycles. The number of rotatable bonds is 7. The smallest absolute Gasteiger partial charge is 0.165 e. The molecule has 1 N–H and O–H groups in total. The zero-order valence-corrected chi connectivity index (χ0v) is 12.3. The molecule has 1 heterocycles. The van der Waals surface area contributed by atoms with Crippen molar-refractivity contribution in [3.05, 3.63) is 30.6 Å². The maximum absolute atomic E-state index is 4.17. The third-order valence-electron chi connectivity index (χ3n) is 2.97. The second kappa shape index (κ2) is 7.19. The summed E-state index contributed by atoms with van der Waals surface area (Å²) < 4.78 is 1.94. The Hall–Kier alpha value is -1.49. The molecule has 0 bridgehead atoms. The molecule has 4 nitrogen and oxygen atoms in total. The Bertz CT molecular complexity index is 510. The van der Waals surface area contributed by atoms with Gasteiger partial charge in [-0.3, -0.25) is 0 Å². The number of hydrogen-bond acceptors (Lipinski definition) is 4. The molecule has 0 saturated heterocycles. The predicted molar refractivity (Wildman–Crippen MR) is 82.5 cm³/mol. The van der Waals surface area contributed by atoms with E-state index in [4.69, 9.17) is 0 Å². The maximum Gasteiger partial charge on any atom is 0.165 e. The molecule has 0 saturated carbocycles. The molecular weight excluding hydrogens is 256 g/mol. The number of aryl methyl sites for hydroxylation is 1. The van der Waals surface area contributed by atoms with Crippen LogP contribution in [0, 0.1) is 0 Å². The SMILES string of the molecule is CSCCCCNc1ccccc1-c1nncn1C. The number of aromatic nitrogens is 3. The molecule has 0 atom stereocenters. The molecule has 0 spiro atoms. The van der Waals surface area contributed by atoms with E-state index in [-0.39, 0.29) is 0 Å². The van der Waals surface area contributed by atoms with Gasteiger partial charge in [0.2, 0.25) is 0 Å². The van der Waals surface area contributed by atoms with Crippen molar-refractivity contribution in [1.29, 1.82) is 0 Å². The van der Waals surface area contributed by atoms with Gasteiger partial charge in [0.25, 0.3) is 0 Å². The molecule has 19 heavy (non-hydrogen) atoms. The molecule has 5 heteroatoms. The number of nitrogens with zero attached hydrogens (tertiary/aromatic N) is 3. The summed E-state index contributed by atoms with van der Waals surface area (Å²) in [5.74, 6) is 2.12. The summed E-state index contributed by atoms with van der Waals surface area (Å²) in [5, 5.41) is 11.6. The molecule has 102 valence electrons. The number of thioether (sulfide) groups is 1. The van der Waals surface area contributed by atoms with E-state index in [2.05, 4.69) is 33.9 Å². The van der Waals surface area contributed by atoms with E-state index < -0.39 is 0 Å². The van der Waals surface area contributed by atoms with Crippen molar-refractivity contribution < 1.29 is 0 Å². The monoisotopic (exact) mass is 276 g/mol. The summed E-state index contributed by atoms with van der Waals surface area (Å²) in [5.41, 5.74) is 2.23. The van der Waals surface area contributed by atoms with Crippen molar-refractivity contribution in [1.82, 2.24) is 14.8 Å². The van der Waals surface area contributed by atoms with E-state index >= 15 is 0 Å². The standard InChI is InChI=1S/C14H20N4S/c1-18-11-16-17-14(18)12-7-3-4-8-13(12)15-9-5-6-10-19-2/h3-4,7-8,11,15H,5-6,9-10H2,1-2H3. The van der Waals surface area contributed by atoms with E-state index in [0.717, 1.165) is 23.6 Å². The zero-order chi connectivity index (χ0) is 13.5. The van der Waals surface area contributed by atoms with E-state index in [1.165, 1.54) is 18.6 Å². The molecule has 0 fully saturated rings. The minimum atomic E-state index is 0.896. The van der Waals surface area contributed by atoms with Gasteiger partial charge in [0, 0.05) is 24.8 Å². The summed E-state index contributed by atoms with van der Waals surface area (Å²) in [4.78, 5) is 0. The van der Waals surface area contributed by atoms with Gasteiger partial charge in [-0.15, -0.1) is 10.2 Å². The molecule has 1 aromatic heterocycles. The first-order valence-corrected chi connectivity index (χ1v) is 7.88. The number of nitrogens with one attached hydrogen (secondary N) is 1. The summed E-state index contributed by atoms with van der Waals surface area (Å²) in [6.45, 7) is 0.995. The highest BCUT2D eigenvalue weighted by Crippen LogP contribution is 2.25. The van der Waals surface area contributed by atoms with Crippen molar-refractivity contribution in [3.63, 3.8) is 0 Å². The second-order valence-electron chi connectivity index (χ2n) is 4.44. The molecule has 0 aliphatic rings. The van der Waals surface area contributed by atoms with E-state index in [9.17, 15) is 0 Å². The molecule has 0 radical (unpaired) electrons. The van der Waals surface area contributed by atoms with Crippen molar-refractivity contribution in [2.75, 3.05) is 23.9 Å². The lowest BCUT2D eigenvalue weighted by molar-refractivity contribution is 0.843. The lowest BCUT2D eigenvalue weighted by atomic mass is 10.1. The Balaban J connectivity index is 2.03. The van der Waals surface area contributed by atoms with Crippen LogP contribution in [0.25, 0.3) is 11.4 Å². The first kappa shape index (κ1) is 13.9.